The molecule has 0 fully saturated rings. The van der Waals surface area contributed by atoms with Crippen molar-refractivity contribution in [1.29, 1.82) is 0 Å². The van der Waals surface area contributed by atoms with Crippen molar-refractivity contribution >= 4 is 23.1 Å². The van der Waals surface area contributed by atoms with Gasteiger partial charge in [-0.2, -0.15) is 18.3 Å². The largest absolute Gasteiger partial charge is 0.422 e. The highest BCUT2D eigenvalue weighted by atomic mass is 19.4. The summed E-state index contributed by atoms with van der Waals surface area (Å²) in [6.07, 6.45) is -1.88. The smallest absolute Gasteiger partial charge is 0.375 e. The van der Waals surface area contributed by atoms with Gasteiger partial charge in [0.05, 0.1) is 5.69 Å². The molecule has 2 heterocycles. The molecule has 1 amide bonds. The number of aliphatic hydroxyl groups is 1. The first-order chi connectivity index (χ1) is 14.4. The Morgan fingerprint density at radius 3 is 2.39 bits per heavy atom. The van der Waals surface area contributed by atoms with E-state index in [9.17, 15) is 27.5 Å². The van der Waals surface area contributed by atoms with Crippen LogP contribution in [0.25, 0.3) is 22.0 Å². The molecule has 0 aliphatic carbocycles. The van der Waals surface area contributed by atoms with Crippen LogP contribution in [0.1, 0.15) is 38.4 Å². The second-order valence-electron chi connectivity index (χ2n) is 7.25. The van der Waals surface area contributed by atoms with Crippen molar-refractivity contribution in [2.24, 2.45) is 7.05 Å². The Morgan fingerprint density at radius 2 is 1.84 bits per heavy atom. The van der Waals surface area contributed by atoms with Crippen LogP contribution in [0.2, 0.25) is 0 Å². The topological polar surface area (TPSA) is 80.0 Å². The summed E-state index contributed by atoms with van der Waals surface area (Å²) in [4.78, 5) is 14.6. The third kappa shape index (κ3) is 4.68. The second kappa shape index (κ2) is 9.01. The molecule has 3 aromatic rings. The van der Waals surface area contributed by atoms with Crippen LogP contribution in [0, 0.1) is 12.7 Å². The summed E-state index contributed by atoms with van der Waals surface area (Å²) in [6.45, 7) is 6.53. The molecule has 0 saturated carbocycles. The van der Waals surface area contributed by atoms with Gasteiger partial charge in [-0.3, -0.25) is 9.48 Å². The number of anilines is 1. The van der Waals surface area contributed by atoms with E-state index < -0.39 is 23.3 Å². The molecule has 0 radical (unpaired) electrons. The van der Waals surface area contributed by atoms with Crippen molar-refractivity contribution in [1.82, 2.24) is 14.8 Å². The molecule has 1 aromatic carbocycles. The molecule has 3 rings (SSSR count). The number of benzene rings is 1. The SMILES string of the molecule is CCC.Cc1cnc(NC=O)cc1-c1cc(F)c2nn(C)c(C(C)(O)C(F)(F)F)c2c1. The third-order valence-corrected chi connectivity index (χ3v) is 4.53. The fourth-order valence-electron chi connectivity index (χ4n) is 3.10. The van der Waals surface area contributed by atoms with E-state index >= 15 is 0 Å². The predicted octanol–water partition coefficient (Wildman–Crippen LogP) is 4.84. The summed E-state index contributed by atoms with van der Waals surface area (Å²) in [5, 5.41) is 16.2. The zero-order valence-electron chi connectivity index (χ0n) is 17.8. The van der Waals surface area contributed by atoms with Crippen LogP contribution in [0.3, 0.4) is 0 Å². The molecule has 0 aliphatic rings. The van der Waals surface area contributed by atoms with Gasteiger partial charge in [-0.15, -0.1) is 0 Å². The fraction of sp³-hybridized carbons (Fsp3) is 0.381. The maximum absolute atomic E-state index is 14.7. The molecule has 2 N–H and O–H groups in total. The van der Waals surface area contributed by atoms with Crippen LogP contribution < -0.4 is 5.32 Å². The quantitative estimate of drug-likeness (QED) is 0.450. The lowest BCUT2D eigenvalue weighted by atomic mass is 9.94. The van der Waals surface area contributed by atoms with Crippen LogP contribution in [0.5, 0.6) is 0 Å². The minimum atomic E-state index is -4.99. The number of nitrogens with zero attached hydrogens (tertiary/aromatic N) is 3. The number of amides is 1. The first-order valence-electron chi connectivity index (χ1n) is 9.52. The molecule has 0 aliphatic heterocycles. The monoisotopic (exact) mass is 440 g/mol. The molecule has 0 saturated heterocycles. The minimum Gasteiger partial charge on any atom is -0.375 e. The lowest BCUT2D eigenvalue weighted by Crippen LogP contribution is -2.41. The third-order valence-electron chi connectivity index (χ3n) is 4.53. The van der Waals surface area contributed by atoms with Crippen molar-refractivity contribution in [3.63, 3.8) is 0 Å². The lowest BCUT2D eigenvalue weighted by Gasteiger charge is -2.26. The van der Waals surface area contributed by atoms with E-state index in [-0.39, 0.29) is 22.3 Å². The number of pyridine rings is 1. The maximum Gasteiger partial charge on any atom is 0.422 e. The number of rotatable bonds is 4. The number of hydrogen-bond acceptors (Lipinski definition) is 4. The first-order valence-corrected chi connectivity index (χ1v) is 9.52. The standard InChI is InChI=1S/C18H16F4N4O2.C3H8/c1-9-7-23-14(24-8-27)6-11(9)10-4-12-15(13(19)5-10)25-26(3)16(12)17(2,28)18(20,21)22;1-3-2/h4-8,28H,1-3H3,(H,23,24,27);3H2,1-2H3. The van der Waals surface area contributed by atoms with Crippen molar-refractivity contribution in [2.75, 3.05) is 5.32 Å². The molecule has 1 atom stereocenters. The zero-order valence-corrected chi connectivity index (χ0v) is 17.8. The van der Waals surface area contributed by atoms with Crippen molar-refractivity contribution in [3.8, 4) is 11.1 Å². The number of fused-ring (bicyclic) bond motifs is 1. The van der Waals surface area contributed by atoms with Gasteiger partial charge in [0.2, 0.25) is 6.41 Å². The maximum atomic E-state index is 14.7. The molecular weight excluding hydrogens is 416 g/mol. The predicted molar refractivity (Wildman–Crippen MR) is 110 cm³/mol. The lowest BCUT2D eigenvalue weighted by molar-refractivity contribution is -0.260. The summed E-state index contributed by atoms with van der Waals surface area (Å²) in [7, 11) is 1.21. The summed E-state index contributed by atoms with van der Waals surface area (Å²) in [5.74, 6) is -0.641. The average Bonchev–Trinajstić information content (AvgIpc) is 3.00. The Labute approximate surface area is 176 Å². The normalized spacial score (nSPS) is 13.4. The number of halogens is 4. The molecule has 10 heteroatoms. The molecule has 31 heavy (non-hydrogen) atoms. The van der Waals surface area contributed by atoms with Gasteiger partial charge >= 0.3 is 6.18 Å². The molecule has 0 spiro atoms. The van der Waals surface area contributed by atoms with Gasteiger partial charge in [0.25, 0.3) is 0 Å². The molecule has 2 aromatic heterocycles. The number of aromatic nitrogens is 3. The fourth-order valence-corrected chi connectivity index (χ4v) is 3.10. The van der Waals surface area contributed by atoms with E-state index in [1.807, 2.05) is 0 Å². The van der Waals surface area contributed by atoms with Gasteiger partial charge in [-0.25, -0.2) is 9.37 Å². The minimum absolute atomic E-state index is 0.166. The number of alkyl halides is 3. The zero-order chi connectivity index (χ0) is 23.6. The van der Waals surface area contributed by atoms with Gasteiger partial charge in [0, 0.05) is 18.6 Å². The number of carbonyl (C=O) groups excluding carboxylic acids is 1. The summed E-state index contributed by atoms with van der Waals surface area (Å²) >= 11 is 0. The Balaban J connectivity index is 0.00000107. The van der Waals surface area contributed by atoms with E-state index in [1.54, 1.807) is 6.92 Å². The number of carbonyl (C=O) groups is 1. The first kappa shape index (κ1) is 24.3. The van der Waals surface area contributed by atoms with Crippen LogP contribution >= 0.6 is 0 Å². The molecular formula is C21H24F4N4O2. The summed E-state index contributed by atoms with van der Waals surface area (Å²) in [5.41, 5.74) is -2.77. The van der Waals surface area contributed by atoms with Crippen molar-refractivity contribution in [3.05, 3.63) is 41.5 Å². The molecule has 1 unspecified atom stereocenters. The van der Waals surface area contributed by atoms with E-state index in [1.165, 1.54) is 31.8 Å². The van der Waals surface area contributed by atoms with E-state index in [2.05, 4.69) is 29.2 Å². The molecule has 0 bridgehead atoms. The van der Waals surface area contributed by atoms with E-state index in [0.29, 0.717) is 24.5 Å². The van der Waals surface area contributed by atoms with Gasteiger partial charge in [0.15, 0.2) is 11.4 Å². The Hall–Kier alpha value is -3.01. The Kier molecular flexibility index (Phi) is 7.05. The highest BCUT2D eigenvalue weighted by Gasteiger charge is 2.54. The van der Waals surface area contributed by atoms with Gasteiger partial charge in [-0.1, -0.05) is 20.3 Å². The molecule has 6 nitrogen and oxygen atoms in total. The highest BCUT2D eigenvalue weighted by Crippen LogP contribution is 2.42. The average molecular weight is 440 g/mol. The van der Waals surface area contributed by atoms with E-state index in [4.69, 9.17) is 0 Å². The molecule has 168 valence electrons. The second-order valence-corrected chi connectivity index (χ2v) is 7.25. The summed E-state index contributed by atoms with van der Waals surface area (Å²) < 4.78 is 55.7. The Bertz CT molecular complexity index is 1090. The highest BCUT2D eigenvalue weighted by molar-refractivity contribution is 5.89. The van der Waals surface area contributed by atoms with Crippen LogP contribution in [-0.4, -0.2) is 32.5 Å². The van der Waals surface area contributed by atoms with Crippen LogP contribution in [0.15, 0.2) is 24.4 Å². The summed E-state index contributed by atoms with van der Waals surface area (Å²) in [6, 6.07) is 3.94. The van der Waals surface area contributed by atoms with Crippen LogP contribution in [-0.2, 0) is 17.4 Å². The van der Waals surface area contributed by atoms with Crippen molar-refractivity contribution < 1.29 is 27.5 Å². The Morgan fingerprint density at radius 1 is 1.23 bits per heavy atom. The number of nitrogens with one attached hydrogen (secondary N) is 1. The van der Waals surface area contributed by atoms with Gasteiger partial charge in [0.1, 0.15) is 11.3 Å². The van der Waals surface area contributed by atoms with Gasteiger partial charge < -0.3 is 10.4 Å². The van der Waals surface area contributed by atoms with Crippen molar-refractivity contribution in [2.45, 2.75) is 45.9 Å². The number of hydrogen-bond donors (Lipinski definition) is 2. The number of aryl methyl sites for hydroxylation is 2. The van der Waals surface area contributed by atoms with E-state index in [0.717, 1.165) is 10.7 Å². The van der Waals surface area contributed by atoms with Crippen LogP contribution in [0.4, 0.5) is 23.4 Å². The van der Waals surface area contributed by atoms with Gasteiger partial charge in [-0.05, 0) is 48.7 Å².